The van der Waals surface area contributed by atoms with Gasteiger partial charge in [-0.2, -0.15) is 13.2 Å². The number of ketones is 1. The molecule has 0 radical (unpaired) electrons. The van der Waals surface area contributed by atoms with Crippen molar-refractivity contribution < 1.29 is 27.9 Å². The molecular formula is C11H11F3N2O3S. The molecule has 2 rings (SSSR count). The van der Waals surface area contributed by atoms with Gasteiger partial charge in [0.25, 0.3) is 0 Å². The average Bonchev–Trinajstić information content (AvgIpc) is 2.78. The van der Waals surface area contributed by atoms with Crippen LogP contribution < -0.4 is 10.6 Å². The highest BCUT2D eigenvalue weighted by Gasteiger charge is 2.65. The highest BCUT2D eigenvalue weighted by atomic mass is 32.1. The molecule has 1 aliphatic heterocycles. The first kappa shape index (κ1) is 14.8. The monoisotopic (exact) mass is 308 g/mol. The summed E-state index contributed by atoms with van der Waals surface area (Å²) in [5.74, 6) is -2.74. The third-order valence-corrected chi connectivity index (χ3v) is 4.05. The van der Waals surface area contributed by atoms with Crippen molar-refractivity contribution in [1.29, 1.82) is 0 Å². The van der Waals surface area contributed by atoms with E-state index in [2.05, 4.69) is 5.32 Å². The molecule has 0 aromatic carbocycles. The zero-order chi connectivity index (χ0) is 15.1. The van der Waals surface area contributed by atoms with E-state index in [9.17, 15) is 27.9 Å². The Morgan fingerprint density at radius 2 is 2.15 bits per heavy atom. The number of nitrogens with one attached hydrogen (secondary N) is 2. The van der Waals surface area contributed by atoms with Crippen molar-refractivity contribution in [2.75, 3.05) is 0 Å². The molecule has 9 heteroatoms. The van der Waals surface area contributed by atoms with E-state index in [0.717, 1.165) is 18.3 Å². The third kappa shape index (κ3) is 2.27. The van der Waals surface area contributed by atoms with Crippen LogP contribution in [0.2, 0.25) is 0 Å². The summed E-state index contributed by atoms with van der Waals surface area (Å²) in [4.78, 5) is 23.4. The van der Waals surface area contributed by atoms with Crippen molar-refractivity contribution in [2.24, 2.45) is 5.92 Å². The van der Waals surface area contributed by atoms with E-state index in [0.29, 0.717) is 4.88 Å². The maximum absolute atomic E-state index is 13.1. The lowest BCUT2D eigenvalue weighted by molar-refractivity contribution is -0.290. The standard InChI is InChI=1S/C11H11F3N2O3S/c1-5(17)7-8(6-3-2-4-20-6)15-9(18)16-10(7,19)11(12,13)14/h2-4,7-8,19H,1H3,(H2,15,16,18). The molecule has 1 aromatic heterocycles. The number of Topliss-reactive ketones (excluding diaryl/α,β-unsaturated/α-hetero) is 1. The molecule has 2 heterocycles. The van der Waals surface area contributed by atoms with Gasteiger partial charge in [0.2, 0.25) is 5.72 Å². The Bertz CT molecular complexity index is 532. The Balaban J connectivity index is 2.52. The van der Waals surface area contributed by atoms with Crippen molar-refractivity contribution in [3.8, 4) is 0 Å². The fraction of sp³-hybridized carbons (Fsp3) is 0.455. The van der Waals surface area contributed by atoms with Crippen molar-refractivity contribution in [2.45, 2.75) is 24.9 Å². The molecule has 1 saturated heterocycles. The van der Waals surface area contributed by atoms with E-state index in [4.69, 9.17) is 0 Å². The van der Waals surface area contributed by atoms with Crippen LogP contribution in [-0.4, -0.2) is 28.8 Å². The SMILES string of the molecule is CC(=O)C1C(c2cccs2)NC(=O)NC1(O)C(F)(F)F. The Hall–Kier alpha value is -1.61. The highest BCUT2D eigenvalue weighted by molar-refractivity contribution is 7.10. The summed E-state index contributed by atoms with van der Waals surface area (Å²) < 4.78 is 39.2. The predicted octanol–water partition coefficient (Wildman–Crippen LogP) is 1.56. The number of rotatable bonds is 2. The van der Waals surface area contributed by atoms with Gasteiger partial charge < -0.3 is 15.7 Å². The largest absolute Gasteiger partial charge is 0.437 e. The lowest BCUT2D eigenvalue weighted by Crippen LogP contribution is -2.72. The lowest BCUT2D eigenvalue weighted by atomic mass is 9.82. The topological polar surface area (TPSA) is 78.4 Å². The second-order valence-electron chi connectivity index (χ2n) is 4.44. The number of carbonyl (C=O) groups is 2. The Morgan fingerprint density at radius 1 is 1.50 bits per heavy atom. The Labute approximate surface area is 115 Å². The molecule has 0 bridgehead atoms. The maximum atomic E-state index is 13.1. The molecule has 3 unspecified atom stereocenters. The van der Waals surface area contributed by atoms with Gasteiger partial charge in [-0.1, -0.05) is 6.07 Å². The third-order valence-electron chi connectivity index (χ3n) is 3.09. The molecule has 5 nitrogen and oxygen atoms in total. The van der Waals surface area contributed by atoms with Crippen LogP contribution >= 0.6 is 11.3 Å². The molecule has 3 N–H and O–H groups in total. The van der Waals surface area contributed by atoms with Crippen LogP contribution in [0.4, 0.5) is 18.0 Å². The number of hydrogen-bond donors (Lipinski definition) is 3. The smallest absolute Gasteiger partial charge is 0.363 e. The van der Waals surface area contributed by atoms with Crippen LogP contribution in [-0.2, 0) is 4.79 Å². The van der Waals surface area contributed by atoms with Gasteiger partial charge in [-0.3, -0.25) is 4.79 Å². The van der Waals surface area contributed by atoms with Crippen molar-refractivity contribution in [3.63, 3.8) is 0 Å². The summed E-state index contributed by atoms with van der Waals surface area (Å²) >= 11 is 1.09. The Morgan fingerprint density at radius 3 is 2.60 bits per heavy atom. The van der Waals surface area contributed by atoms with Gasteiger partial charge in [-0.25, -0.2) is 4.79 Å². The minimum Gasteiger partial charge on any atom is -0.363 e. The molecule has 110 valence electrons. The first-order valence-electron chi connectivity index (χ1n) is 5.58. The molecule has 0 spiro atoms. The highest BCUT2D eigenvalue weighted by Crippen LogP contribution is 2.43. The van der Waals surface area contributed by atoms with Crippen LogP contribution in [0.3, 0.4) is 0 Å². The first-order chi connectivity index (χ1) is 9.17. The summed E-state index contributed by atoms with van der Waals surface area (Å²) in [6, 6.07) is 0.666. The van der Waals surface area contributed by atoms with Crippen LogP contribution in [0.1, 0.15) is 17.8 Å². The van der Waals surface area contributed by atoms with E-state index in [1.54, 1.807) is 11.4 Å². The summed E-state index contributed by atoms with van der Waals surface area (Å²) in [5.41, 5.74) is -3.59. The summed E-state index contributed by atoms with van der Waals surface area (Å²) in [7, 11) is 0. The predicted molar refractivity (Wildman–Crippen MR) is 63.9 cm³/mol. The second-order valence-corrected chi connectivity index (χ2v) is 5.42. The molecule has 20 heavy (non-hydrogen) atoms. The molecule has 0 saturated carbocycles. The van der Waals surface area contributed by atoms with Gasteiger partial charge in [0.05, 0.1) is 12.0 Å². The van der Waals surface area contributed by atoms with E-state index in [-0.39, 0.29) is 0 Å². The van der Waals surface area contributed by atoms with Gasteiger partial charge in [0.1, 0.15) is 5.78 Å². The number of aliphatic hydroxyl groups is 1. The number of urea groups is 1. The molecule has 0 aliphatic carbocycles. The number of halogens is 3. The number of amides is 2. The van der Waals surface area contributed by atoms with E-state index >= 15 is 0 Å². The van der Waals surface area contributed by atoms with Crippen LogP contribution in [0.15, 0.2) is 17.5 Å². The molecule has 3 atom stereocenters. The first-order valence-corrected chi connectivity index (χ1v) is 6.46. The van der Waals surface area contributed by atoms with Crippen molar-refractivity contribution >= 4 is 23.2 Å². The lowest BCUT2D eigenvalue weighted by Gasteiger charge is -2.44. The fourth-order valence-corrected chi connectivity index (χ4v) is 3.05. The average molecular weight is 308 g/mol. The summed E-state index contributed by atoms with van der Waals surface area (Å²) in [6.07, 6.45) is -5.17. The molecule has 1 fully saturated rings. The van der Waals surface area contributed by atoms with Gasteiger partial charge in [-0.05, 0) is 18.4 Å². The molecule has 1 aliphatic rings. The maximum Gasteiger partial charge on any atom is 0.437 e. The minimum atomic E-state index is -5.17. The normalized spacial score (nSPS) is 30.6. The quantitative estimate of drug-likeness (QED) is 0.776. The van der Waals surface area contributed by atoms with Crippen molar-refractivity contribution in [3.05, 3.63) is 22.4 Å². The molecular weight excluding hydrogens is 297 g/mol. The number of alkyl halides is 3. The van der Waals surface area contributed by atoms with E-state index in [1.807, 2.05) is 0 Å². The molecule has 2 amide bonds. The van der Waals surface area contributed by atoms with Gasteiger partial charge >= 0.3 is 12.2 Å². The number of hydrogen-bond acceptors (Lipinski definition) is 4. The van der Waals surface area contributed by atoms with E-state index in [1.165, 1.54) is 11.4 Å². The summed E-state index contributed by atoms with van der Waals surface area (Å²) in [6.45, 7) is 0.946. The minimum absolute atomic E-state index is 0.364. The van der Waals surface area contributed by atoms with Crippen molar-refractivity contribution in [1.82, 2.24) is 10.6 Å². The van der Waals surface area contributed by atoms with Gasteiger partial charge in [-0.15, -0.1) is 11.3 Å². The molecule has 1 aromatic rings. The van der Waals surface area contributed by atoms with E-state index < -0.39 is 35.7 Å². The Kier molecular flexibility index (Phi) is 3.51. The number of carbonyl (C=O) groups excluding carboxylic acids is 2. The van der Waals surface area contributed by atoms with Crippen LogP contribution in [0.5, 0.6) is 0 Å². The van der Waals surface area contributed by atoms with Gasteiger partial charge in [0.15, 0.2) is 0 Å². The van der Waals surface area contributed by atoms with Crippen LogP contribution in [0.25, 0.3) is 0 Å². The van der Waals surface area contributed by atoms with Gasteiger partial charge in [0, 0.05) is 4.88 Å². The fourth-order valence-electron chi connectivity index (χ4n) is 2.23. The summed E-state index contributed by atoms with van der Waals surface area (Å²) in [5, 5.41) is 15.1. The number of thiophene rings is 1. The van der Waals surface area contributed by atoms with Crippen LogP contribution in [0, 0.1) is 5.92 Å². The zero-order valence-corrected chi connectivity index (χ0v) is 11.0. The second kappa shape index (κ2) is 4.74. The zero-order valence-electron chi connectivity index (χ0n) is 10.2.